The molecule has 0 N–H and O–H groups in total. The van der Waals surface area contributed by atoms with Gasteiger partial charge in [0.05, 0.1) is 33.7 Å². The summed E-state index contributed by atoms with van der Waals surface area (Å²) in [5.41, 5.74) is 9.81. The predicted octanol–water partition coefficient (Wildman–Crippen LogP) is 10.9. The Hall–Kier alpha value is -7.36. The minimum atomic E-state index is 0.610. The van der Waals surface area contributed by atoms with Crippen LogP contribution in [0.15, 0.2) is 170 Å². The minimum absolute atomic E-state index is 0.610. The molecule has 6 heteroatoms. The molecule has 0 saturated heterocycles. The van der Waals surface area contributed by atoms with E-state index in [0.29, 0.717) is 23.0 Å². The molecule has 7 aromatic carbocycles. The molecule has 242 valence electrons. The molecule has 0 fully saturated rings. The SMILES string of the molecule is N#Cc1ccc2c(c1)c1c(ccc3c4ccccc4n(-c4ccc(-c5nc(-c6ccccc6)nc(-c6ccccc6)n5)cc4)c31)n2-c1ccccc1. The molecule has 10 aromatic rings. The van der Waals surface area contributed by atoms with Crippen LogP contribution in [0.5, 0.6) is 0 Å². The maximum absolute atomic E-state index is 9.96. The summed E-state index contributed by atoms with van der Waals surface area (Å²) in [5, 5.41) is 14.4. The third-order valence-electron chi connectivity index (χ3n) is 9.79. The first kappa shape index (κ1) is 29.5. The number of rotatable bonds is 5. The van der Waals surface area contributed by atoms with Crippen LogP contribution in [0.1, 0.15) is 5.56 Å². The Labute approximate surface area is 299 Å². The van der Waals surface area contributed by atoms with Crippen molar-refractivity contribution in [2.45, 2.75) is 0 Å². The number of nitrogens with zero attached hydrogens (tertiary/aromatic N) is 6. The van der Waals surface area contributed by atoms with Gasteiger partial charge < -0.3 is 9.13 Å². The summed E-state index contributed by atoms with van der Waals surface area (Å²) >= 11 is 0. The summed E-state index contributed by atoms with van der Waals surface area (Å²) in [6, 6.07) is 60.3. The highest BCUT2D eigenvalue weighted by Crippen LogP contribution is 2.42. The van der Waals surface area contributed by atoms with Crippen molar-refractivity contribution in [2.24, 2.45) is 0 Å². The lowest BCUT2D eigenvalue weighted by Crippen LogP contribution is -2.00. The molecular weight excluding hydrogens is 637 g/mol. The molecule has 6 nitrogen and oxygen atoms in total. The van der Waals surface area contributed by atoms with Crippen molar-refractivity contribution < 1.29 is 0 Å². The molecule has 3 aromatic heterocycles. The van der Waals surface area contributed by atoms with Gasteiger partial charge in [-0.15, -0.1) is 0 Å². The lowest BCUT2D eigenvalue weighted by atomic mass is 10.1. The van der Waals surface area contributed by atoms with Gasteiger partial charge in [0.25, 0.3) is 0 Å². The van der Waals surface area contributed by atoms with E-state index < -0.39 is 0 Å². The highest BCUT2D eigenvalue weighted by molar-refractivity contribution is 6.26. The second-order valence-corrected chi connectivity index (χ2v) is 12.8. The Balaban J connectivity index is 1.21. The molecule has 0 aliphatic carbocycles. The number of hydrogen-bond donors (Lipinski definition) is 0. The number of para-hydroxylation sites is 2. The van der Waals surface area contributed by atoms with Crippen LogP contribution in [0.4, 0.5) is 0 Å². The van der Waals surface area contributed by atoms with E-state index in [0.717, 1.165) is 71.7 Å². The third-order valence-corrected chi connectivity index (χ3v) is 9.79. The molecular formula is C46H28N6. The molecule has 0 bridgehead atoms. The molecule has 0 spiro atoms. The number of hydrogen-bond acceptors (Lipinski definition) is 4. The monoisotopic (exact) mass is 664 g/mol. The van der Waals surface area contributed by atoms with E-state index in [-0.39, 0.29) is 0 Å². The van der Waals surface area contributed by atoms with Crippen LogP contribution in [0.3, 0.4) is 0 Å². The molecule has 3 heterocycles. The van der Waals surface area contributed by atoms with E-state index in [9.17, 15) is 5.26 Å². The van der Waals surface area contributed by atoms with Crippen molar-refractivity contribution in [3.05, 3.63) is 175 Å². The molecule has 0 radical (unpaired) electrons. The zero-order chi connectivity index (χ0) is 34.6. The maximum atomic E-state index is 9.96. The summed E-state index contributed by atoms with van der Waals surface area (Å²) < 4.78 is 4.65. The van der Waals surface area contributed by atoms with Crippen LogP contribution in [0.25, 0.3) is 89.2 Å². The largest absolute Gasteiger partial charge is 0.309 e. The van der Waals surface area contributed by atoms with Crippen LogP contribution >= 0.6 is 0 Å². The van der Waals surface area contributed by atoms with Gasteiger partial charge >= 0.3 is 0 Å². The Morgan fingerprint density at radius 2 is 0.923 bits per heavy atom. The van der Waals surface area contributed by atoms with Crippen molar-refractivity contribution in [1.82, 2.24) is 24.1 Å². The molecule has 0 atom stereocenters. The van der Waals surface area contributed by atoms with Gasteiger partial charge in [-0.2, -0.15) is 5.26 Å². The highest BCUT2D eigenvalue weighted by atomic mass is 15.0. The van der Waals surface area contributed by atoms with Crippen LogP contribution in [-0.4, -0.2) is 24.1 Å². The molecule has 0 amide bonds. The normalized spacial score (nSPS) is 11.4. The zero-order valence-electron chi connectivity index (χ0n) is 27.8. The van der Waals surface area contributed by atoms with Gasteiger partial charge in [-0.25, -0.2) is 15.0 Å². The zero-order valence-corrected chi connectivity index (χ0v) is 27.8. The molecule has 52 heavy (non-hydrogen) atoms. The Kier molecular flexibility index (Phi) is 6.76. The molecule has 0 unspecified atom stereocenters. The predicted molar refractivity (Wildman–Crippen MR) is 210 cm³/mol. The lowest BCUT2D eigenvalue weighted by molar-refractivity contribution is 1.07. The van der Waals surface area contributed by atoms with E-state index in [1.54, 1.807) is 0 Å². The van der Waals surface area contributed by atoms with Crippen molar-refractivity contribution in [3.63, 3.8) is 0 Å². The van der Waals surface area contributed by atoms with Gasteiger partial charge in [-0.05, 0) is 66.7 Å². The third kappa shape index (κ3) is 4.68. The smallest absolute Gasteiger partial charge is 0.164 e. The molecule has 0 saturated carbocycles. The van der Waals surface area contributed by atoms with Crippen molar-refractivity contribution in [1.29, 1.82) is 5.26 Å². The molecule has 0 aliphatic heterocycles. The van der Waals surface area contributed by atoms with Crippen LogP contribution < -0.4 is 0 Å². The van der Waals surface area contributed by atoms with Gasteiger partial charge in [-0.1, -0.05) is 103 Å². The standard InChI is InChI=1S/C46H28N6/c47-29-30-20-26-40-38(28-30)42-41(51(40)34-16-8-3-9-17-34)27-25-37-36-18-10-11-19-39(36)52(43(37)42)35-23-21-33(22-24-35)46-49-44(31-12-4-1-5-13-31)48-45(50-46)32-14-6-2-7-15-32/h1-28H. The van der Waals surface area contributed by atoms with Gasteiger partial charge in [-0.3, -0.25) is 0 Å². The topological polar surface area (TPSA) is 72.3 Å². The fraction of sp³-hybridized carbons (Fsp3) is 0. The average molecular weight is 665 g/mol. The second kappa shape index (κ2) is 11.9. The van der Waals surface area contributed by atoms with Crippen molar-refractivity contribution in [3.8, 4) is 51.6 Å². The van der Waals surface area contributed by atoms with E-state index in [1.165, 1.54) is 0 Å². The Morgan fingerprint density at radius 1 is 0.404 bits per heavy atom. The highest BCUT2D eigenvalue weighted by Gasteiger charge is 2.21. The Bertz CT molecular complexity index is 2930. The van der Waals surface area contributed by atoms with E-state index in [2.05, 4.69) is 106 Å². The molecule has 10 rings (SSSR count). The van der Waals surface area contributed by atoms with Gasteiger partial charge in [0.15, 0.2) is 17.5 Å². The van der Waals surface area contributed by atoms with E-state index in [1.807, 2.05) is 78.9 Å². The minimum Gasteiger partial charge on any atom is -0.309 e. The van der Waals surface area contributed by atoms with Gasteiger partial charge in [0.1, 0.15) is 0 Å². The first-order valence-electron chi connectivity index (χ1n) is 17.2. The van der Waals surface area contributed by atoms with E-state index in [4.69, 9.17) is 15.0 Å². The number of aromatic nitrogens is 5. The summed E-state index contributed by atoms with van der Waals surface area (Å²) in [5.74, 6) is 1.87. The number of fused-ring (bicyclic) bond motifs is 7. The van der Waals surface area contributed by atoms with E-state index >= 15 is 0 Å². The fourth-order valence-electron chi connectivity index (χ4n) is 7.45. The van der Waals surface area contributed by atoms with Crippen LogP contribution in [0, 0.1) is 11.3 Å². The summed E-state index contributed by atoms with van der Waals surface area (Å²) in [6.07, 6.45) is 0. The average Bonchev–Trinajstić information content (AvgIpc) is 3.74. The van der Waals surface area contributed by atoms with Gasteiger partial charge in [0, 0.05) is 49.6 Å². The second-order valence-electron chi connectivity index (χ2n) is 12.8. The Morgan fingerprint density at radius 3 is 1.56 bits per heavy atom. The number of nitriles is 1. The van der Waals surface area contributed by atoms with Crippen molar-refractivity contribution in [2.75, 3.05) is 0 Å². The first-order chi connectivity index (χ1) is 25.7. The summed E-state index contributed by atoms with van der Waals surface area (Å²) in [7, 11) is 0. The van der Waals surface area contributed by atoms with Gasteiger partial charge in [0.2, 0.25) is 0 Å². The fourth-order valence-corrected chi connectivity index (χ4v) is 7.45. The number of benzene rings is 7. The first-order valence-corrected chi connectivity index (χ1v) is 17.2. The quantitative estimate of drug-likeness (QED) is 0.184. The summed E-state index contributed by atoms with van der Waals surface area (Å²) in [4.78, 5) is 14.8. The summed E-state index contributed by atoms with van der Waals surface area (Å²) in [6.45, 7) is 0. The lowest BCUT2D eigenvalue weighted by Gasteiger charge is -2.11. The van der Waals surface area contributed by atoms with Crippen molar-refractivity contribution >= 4 is 43.6 Å². The molecule has 0 aliphatic rings. The van der Waals surface area contributed by atoms with Crippen LogP contribution in [0.2, 0.25) is 0 Å². The maximum Gasteiger partial charge on any atom is 0.164 e. The van der Waals surface area contributed by atoms with Crippen LogP contribution in [-0.2, 0) is 0 Å².